The van der Waals surface area contributed by atoms with Gasteiger partial charge >= 0.3 is 0 Å². The number of Topliss-reactive ketones (excluding diaryl/α,β-unsaturated/α-hetero) is 1. The van der Waals surface area contributed by atoms with Crippen LogP contribution >= 0.6 is 0 Å². The summed E-state index contributed by atoms with van der Waals surface area (Å²) in [7, 11) is 0. The fraction of sp³-hybridized carbons (Fsp3) is 0.800. The number of ketones is 1. The quantitative estimate of drug-likeness (QED) is 0.488. The van der Waals surface area contributed by atoms with E-state index in [4.69, 9.17) is 4.74 Å². The van der Waals surface area contributed by atoms with Crippen molar-refractivity contribution < 1.29 is 14.3 Å². The Morgan fingerprint density at radius 2 is 2.00 bits per heavy atom. The Labute approximate surface area is 85.0 Å². The normalized spacial score (nSPS) is 10.3. The van der Waals surface area contributed by atoms with E-state index < -0.39 is 0 Å². The average Bonchev–Trinajstić information content (AvgIpc) is 2.01. The molecular formula is C10H19NO3. The van der Waals surface area contributed by atoms with Gasteiger partial charge in [0.1, 0.15) is 5.78 Å². The highest BCUT2D eigenvalue weighted by atomic mass is 16.5. The van der Waals surface area contributed by atoms with Gasteiger partial charge in [-0.1, -0.05) is 13.8 Å². The molecule has 82 valence electrons. The lowest BCUT2D eigenvalue weighted by atomic mass is 10.2. The van der Waals surface area contributed by atoms with Crippen molar-refractivity contribution in [3.63, 3.8) is 0 Å². The summed E-state index contributed by atoms with van der Waals surface area (Å²) in [6.07, 6.45) is -0.0375. The maximum absolute atomic E-state index is 11.0. The molecule has 0 aromatic rings. The molecule has 1 N–H and O–H groups in total. The fourth-order valence-corrected chi connectivity index (χ4v) is 0.870. The molecule has 0 aliphatic heterocycles. The Bertz CT molecular complexity index is 190. The molecule has 0 atom stereocenters. The Morgan fingerprint density at radius 3 is 2.50 bits per heavy atom. The Kier molecular flexibility index (Phi) is 7.02. The summed E-state index contributed by atoms with van der Waals surface area (Å²) in [4.78, 5) is 21.5. The van der Waals surface area contributed by atoms with E-state index in [0.717, 1.165) is 0 Å². The smallest absolute Gasteiger partial charge is 0.227 e. The van der Waals surface area contributed by atoms with Crippen LogP contribution in [0, 0.1) is 5.92 Å². The molecule has 0 aromatic heterocycles. The van der Waals surface area contributed by atoms with Crippen molar-refractivity contribution in [2.24, 2.45) is 5.92 Å². The minimum atomic E-state index is -0.231. The number of carbonyl (C=O) groups is 2. The van der Waals surface area contributed by atoms with Gasteiger partial charge in [-0.2, -0.15) is 0 Å². The number of rotatable bonds is 7. The third kappa shape index (κ3) is 9.19. The summed E-state index contributed by atoms with van der Waals surface area (Å²) in [5.41, 5.74) is 0. The minimum Gasteiger partial charge on any atom is -0.379 e. The largest absolute Gasteiger partial charge is 0.379 e. The molecule has 0 aliphatic rings. The molecule has 0 saturated carbocycles. The molecule has 0 spiro atoms. The minimum absolute atomic E-state index is 0.0375. The third-order valence-corrected chi connectivity index (χ3v) is 1.43. The zero-order valence-electron chi connectivity index (χ0n) is 9.13. The van der Waals surface area contributed by atoms with Gasteiger partial charge in [0.05, 0.1) is 13.0 Å². The van der Waals surface area contributed by atoms with Crippen LogP contribution < -0.4 is 5.32 Å². The van der Waals surface area contributed by atoms with Crippen LogP contribution in [0.4, 0.5) is 0 Å². The van der Waals surface area contributed by atoms with E-state index in [-0.39, 0.29) is 18.1 Å². The number of nitrogens with one attached hydrogen (secondary N) is 1. The van der Waals surface area contributed by atoms with Gasteiger partial charge in [-0.3, -0.25) is 9.59 Å². The van der Waals surface area contributed by atoms with Gasteiger partial charge in [-0.25, -0.2) is 0 Å². The fourth-order valence-electron chi connectivity index (χ4n) is 0.870. The van der Waals surface area contributed by atoms with Crippen LogP contribution in [0.2, 0.25) is 0 Å². The molecule has 0 bridgehead atoms. The predicted octanol–water partition coefficient (Wildman–Crippen LogP) is 0.754. The Hall–Kier alpha value is -0.900. The molecule has 0 heterocycles. The van der Waals surface area contributed by atoms with Gasteiger partial charge in [0.2, 0.25) is 5.91 Å². The summed E-state index contributed by atoms with van der Waals surface area (Å²) in [6.45, 7) is 7.20. The lowest BCUT2D eigenvalue weighted by Gasteiger charge is -2.07. The molecule has 4 heteroatoms. The first-order valence-corrected chi connectivity index (χ1v) is 4.86. The third-order valence-electron chi connectivity index (χ3n) is 1.43. The van der Waals surface area contributed by atoms with Crippen molar-refractivity contribution in [1.82, 2.24) is 5.32 Å². The Morgan fingerprint density at radius 1 is 1.36 bits per heavy atom. The van der Waals surface area contributed by atoms with Crippen molar-refractivity contribution in [1.29, 1.82) is 0 Å². The highest BCUT2D eigenvalue weighted by Gasteiger charge is 2.03. The second kappa shape index (κ2) is 7.50. The molecule has 1 amide bonds. The van der Waals surface area contributed by atoms with E-state index in [1.165, 1.54) is 6.92 Å². The number of carbonyl (C=O) groups excluding carboxylic acids is 2. The zero-order chi connectivity index (χ0) is 11.0. The van der Waals surface area contributed by atoms with Crippen molar-refractivity contribution in [2.45, 2.75) is 27.2 Å². The van der Waals surface area contributed by atoms with Crippen LogP contribution in [-0.2, 0) is 14.3 Å². The standard InChI is InChI=1S/C10H19NO3/c1-8(2)7-14-5-4-11-10(13)6-9(3)12/h8H,4-7H2,1-3H3,(H,11,13). The van der Waals surface area contributed by atoms with E-state index in [0.29, 0.717) is 25.7 Å². The predicted molar refractivity (Wildman–Crippen MR) is 54.0 cm³/mol. The monoisotopic (exact) mass is 201 g/mol. The first-order valence-electron chi connectivity index (χ1n) is 4.86. The van der Waals surface area contributed by atoms with Crippen molar-refractivity contribution >= 4 is 11.7 Å². The molecule has 0 aromatic carbocycles. The van der Waals surface area contributed by atoms with E-state index in [2.05, 4.69) is 19.2 Å². The summed E-state index contributed by atoms with van der Waals surface area (Å²) in [5.74, 6) is 0.152. The van der Waals surface area contributed by atoms with Crippen LogP contribution in [0.5, 0.6) is 0 Å². The zero-order valence-corrected chi connectivity index (χ0v) is 9.13. The second-order valence-electron chi connectivity index (χ2n) is 3.70. The van der Waals surface area contributed by atoms with Crippen molar-refractivity contribution in [3.8, 4) is 0 Å². The number of hydrogen-bond acceptors (Lipinski definition) is 3. The van der Waals surface area contributed by atoms with Gasteiger partial charge < -0.3 is 10.1 Å². The topological polar surface area (TPSA) is 55.4 Å². The summed E-state index contributed by atoms with van der Waals surface area (Å²) in [5, 5.41) is 2.60. The van der Waals surface area contributed by atoms with Crippen molar-refractivity contribution in [3.05, 3.63) is 0 Å². The lowest BCUT2D eigenvalue weighted by Crippen LogP contribution is -2.28. The number of amides is 1. The van der Waals surface area contributed by atoms with E-state index >= 15 is 0 Å². The molecule has 0 radical (unpaired) electrons. The highest BCUT2D eigenvalue weighted by molar-refractivity contribution is 5.96. The van der Waals surface area contributed by atoms with Gasteiger partial charge in [-0.05, 0) is 12.8 Å². The number of hydrogen-bond donors (Lipinski definition) is 1. The van der Waals surface area contributed by atoms with E-state index in [1.807, 2.05) is 0 Å². The summed E-state index contributed by atoms with van der Waals surface area (Å²) >= 11 is 0. The van der Waals surface area contributed by atoms with Crippen LogP contribution in [0.1, 0.15) is 27.2 Å². The molecule has 0 unspecified atom stereocenters. The van der Waals surface area contributed by atoms with Crippen LogP contribution in [0.3, 0.4) is 0 Å². The molecule has 14 heavy (non-hydrogen) atoms. The lowest BCUT2D eigenvalue weighted by molar-refractivity contribution is -0.127. The molecule has 0 saturated heterocycles. The van der Waals surface area contributed by atoms with Gasteiger partial charge in [0.25, 0.3) is 0 Å². The maximum atomic E-state index is 11.0. The molecular weight excluding hydrogens is 182 g/mol. The van der Waals surface area contributed by atoms with Crippen LogP contribution in [0.15, 0.2) is 0 Å². The molecule has 0 rings (SSSR count). The molecule has 4 nitrogen and oxygen atoms in total. The van der Waals surface area contributed by atoms with E-state index in [9.17, 15) is 9.59 Å². The summed E-state index contributed by atoms with van der Waals surface area (Å²) in [6, 6.07) is 0. The molecule has 0 fully saturated rings. The highest BCUT2D eigenvalue weighted by Crippen LogP contribution is 1.91. The Balaban J connectivity index is 3.27. The average molecular weight is 201 g/mol. The van der Waals surface area contributed by atoms with Crippen LogP contribution in [0.25, 0.3) is 0 Å². The first-order chi connectivity index (χ1) is 6.52. The van der Waals surface area contributed by atoms with Crippen molar-refractivity contribution in [2.75, 3.05) is 19.8 Å². The second-order valence-corrected chi connectivity index (χ2v) is 3.70. The summed E-state index contributed by atoms with van der Waals surface area (Å²) < 4.78 is 5.25. The first kappa shape index (κ1) is 13.1. The molecule has 0 aliphatic carbocycles. The van der Waals surface area contributed by atoms with Gasteiger partial charge in [0, 0.05) is 13.2 Å². The van der Waals surface area contributed by atoms with Crippen LogP contribution in [-0.4, -0.2) is 31.4 Å². The number of ether oxygens (including phenoxy) is 1. The van der Waals surface area contributed by atoms with E-state index in [1.54, 1.807) is 0 Å². The maximum Gasteiger partial charge on any atom is 0.227 e. The van der Waals surface area contributed by atoms with Gasteiger partial charge in [-0.15, -0.1) is 0 Å². The van der Waals surface area contributed by atoms with Gasteiger partial charge in [0.15, 0.2) is 0 Å². The SMILES string of the molecule is CC(=O)CC(=O)NCCOCC(C)C.